The van der Waals surface area contributed by atoms with Crippen LogP contribution in [0.4, 0.5) is 19.0 Å². The van der Waals surface area contributed by atoms with Crippen molar-refractivity contribution in [2.45, 2.75) is 31.0 Å². The van der Waals surface area contributed by atoms with Crippen LogP contribution in [0.25, 0.3) is 11.0 Å². The maximum atomic E-state index is 13.3. The lowest BCUT2D eigenvalue weighted by molar-refractivity contribution is -0.140. The summed E-state index contributed by atoms with van der Waals surface area (Å²) < 4.78 is 57.2. The standard InChI is InChI=1S/C22H19F3N4O3/c23-22(24,25)17-7-14-20(28-17)26-10-27-21(14)29-19-13-3-1-2-4-16(13)30-9-15(19)11-5-12-8-31-18(6-11)32-12/h1-5,7,10,12,15,18-19H,6,8-9H2,(H2,26,27,28,29). The molecule has 2 N–H and O–H groups in total. The number of halogens is 3. The monoisotopic (exact) mass is 444 g/mol. The molecule has 0 aliphatic carbocycles. The van der Waals surface area contributed by atoms with Crippen LogP contribution in [0.15, 0.2) is 48.3 Å². The van der Waals surface area contributed by atoms with Crippen LogP contribution in [-0.2, 0) is 15.7 Å². The first-order valence-corrected chi connectivity index (χ1v) is 10.3. The molecule has 0 radical (unpaired) electrons. The fourth-order valence-electron chi connectivity index (χ4n) is 4.66. The van der Waals surface area contributed by atoms with Crippen molar-refractivity contribution in [3.63, 3.8) is 0 Å². The summed E-state index contributed by atoms with van der Waals surface area (Å²) in [7, 11) is 0. The number of nitrogens with zero attached hydrogens (tertiary/aromatic N) is 2. The van der Waals surface area contributed by atoms with Crippen molar-refractivity contribution in [2.75, 3.05) is 18.5 Å². The number of fused-ring (bicyclic) bond motifs is 4. The highest BCUT2D eigenvalue weighted by atomic mass is 19.4. The van der Waals surface area contributed by atoms with Gasteiger partial charge in [-0.25, -0.2) is 9.97 Å². The van der Waals surface area contributed by atoms with Gasteiger partial charge < -0.3 is 24.5 Å². The van der Waals surface area contributed by atoms with Gasteiger partial charge in [-0.2, -0.15) is 13.2 Å². The number of hydrogen-bond acceptors (Lipinski definition) is 6. The Bertz CT molecular complexity index is 1210. The van der Waals surface area contributed by atoms with Crippen LogP contribution < -0.4 is 10.1 Å². The van der Waals surface area contributed by atoms with Crippen LogP contribution >= 0.6 is 0 Å². The molecule has 10 heteroatoms. The second kappa shape index (κ2) is 7.21. The third-order valence-electron chi connectivity index (χ3n) is 6.15. The topological polar surface area (TPSA) is 81.3 Å². The maximum absolute atomic E-state index is 13.3. The predicted molar refractivity (Wildman–Crippen MR) is 108 cm³/mol. The van der Waals surface area contributed by atoms with Gasteiger partial charge in [-0.05, 0) is 12.1 Å². The van der Waals surface area contributed by atoms with E-state index in [1.807, 2.05) is 24.3 Å². The third-order valence-corrected chi connectivity index (χ3v) is 6.15. The minimum Gasteiger partial charge on any atom is -0.493 e. The average Bonchev–Trinajstić information content (AvgIpc) is 3.37. The zero-order chi connectivity index (χ0) is 21.9. The van der Waals surface area contributed by atoms with Crippen LogP contribution in [0.2, 0.25) is 0 Å². The van der Waals surface area contributed by atoms with E-state index in [9.17, 15) is 13.2 Å². The molecule has 1 saturated heterocycles. The number of rotatable bonds is 3. The largest absolute Gasteiger partial charge is 0.493 e. The summed E-state index contributed by atoms with van der Waals surface area (Å²) in [4.78, 5) is 10.6. The van der Waals surface area contributed by atoms with Crippen LogP contribution in [0, 0.1) is 5.92 Å². The number of aromatic amines is 1. The minimum absolute atomic E-state index is 0.0634. The number of hydrogen-bond donors (Lipinski definition) is 2. The molecule has 7 nitrogen and oxygen atoms in total. The van der Waals surface area contributed by atoms with Gasteiger partial charge >= 0.3 is 6.18 Å². The average molecular weight is 444 g/mol. The molecule has 4 atom stereocenters. The van der Waals surface area contributed by atoms with Gasteiger partial charge in [0.25, 0.3) is 0 Å². The van der Waals surface area contributed by atoms with Gasteiger partial charge in [0.05, 0.1) is 24.6 Å². The number of benzene rings is 1. The Morgan fingerprint density at radius 2 is 2.00 bits per heavy atom. The van der Waals surface area contributed by atoms with Gasteiger partial charge in [0.15, 0.2) is 6.29 Å². The summed E-state index contributed by atoms with van der Waals surface area (Å²) >= 11 is 0. The van der Waals surface area contributed by atoms with Crippen LogP contribution in [0.5, 0.6) is 5.75 Å². The summed E-state index contributed by atoms with van der Waals surface area (Å²) in [6.07, 6.45) is -0.921. The Hall–Kier alpha value is -3.11. The van der Waals surface area contributed by atoms with Crippen molar-refractivity contribution in [1.29, 1.82) is 0 Å². The van der Waals surface area contributed by atoms with Crippen molar-refractivity contribution in [1.82, 2.24) is 15.0 Å². The highest BCUT2D eigenvalue weighted by Gasteiger charge is 2.40. The molecular weight excluding hydrogens is 425 g/mol. The summed E-state index contributed by atoms with van der Waals surface area (Å²) in [5.41, 5.74) is 1.33. The number of para-hydroxylation sites is 1. The Morgan fingerprint density at radius 1 is 1.12 bits per heavy atom. The zero-order valence-electron chi connectivity index (χ0n) is 16.7. The third kappa shape index (κ3) is 3.30. The molecule has 3 aliphatic rings. The van der Waals surface area contributed by atoms with Crippen molar-refractivity contribution >= 4 is 16.9 Å². The SMILES string of the molecule is FC(F)(F)c1cc2c(NC3c4ccccc4OCC3C3=CC4COC(C3)O4)ncnc2[nH]1. The second-order valence-electron chi connectivity index (χ2n) is 8.13. The van der Waals surface area contributed by atoms with Crippen LogP contribution in [-0.4, -0.2) is 40.6 Å². The maximum Gasteiger partial charge on any atom is 0.431 e. The highest BCUT2D eigenvalue weighted by molar-refractivity contribution is 5.88. The number of nitrogens with one attached hydrogen (secondary N) is 2. The van der Waals surface area contributed by atoms with Crippen molar-refractivity contribution in [2.24, 2.45) is 5.92 Å². The van der Waals surface area contributed by atoms with E-state index in [4.69, 9.17) is 14.2 Å². The number of anilines is 1. The van der Waals surface area contributed by atoms with Crippen LogP contribution in [0.1, 0.15) is 23.7 Å². The molecule has 3 aliphatic heterocycles. The van der Waals surface area contributed by atoms with Gasteiger partial charge in [0, 0.05) is 17.9 Å². The summed E-state index contributed by atoms with van der Waals surface area (Å²) in [5, 5.41) is 3.69. The molecule has 4 unspecified atom stereocenters. The van der Waals surface area contributed by atoms with Gasteiger partial charge in [-0.3, -0.25) is 0 Å². The molecule has 5 heterocycles. The Morgan fingerprint density at radius 3 is 2.84 bits per heavy atom. The lowest BCUT2D eigenvalue weighted by Crippen LogP contribution is -2.35. The molecule has 6 rings (SSSR count). The van der Waals surface area contributed by atoms with Gasteiger partial charge in [0.1, 0.15) is 35.3 Å². The molecule has 2 aromatic heterocycles. The van der Waals surface area contributed by atoms with E-state index in [1.165, 1.54) is 6.33 Å². The van der Waals surface area contributed by atoms with Crippen molar-refractivity contribution < 1.29 is 27.4 Å². The van der Waals surface area contributed by atoms with E-state index in [0.717, 1.165) is 23.0 Å². The predicted octanol–water partition coefficient (Wildman–Crippen LogP) is 4.21. The van der Waals surface area contributed by atoms with Crippen molar-refractivity contribution in [3.8, 4) is 5.75 Å². The molecule has 1 aromatic carbocycles. The molecule has 166 valence electrons. The van der Waals surface area contributed by atoms with E-state index in [1.54, 1.807) is 0 Å². The van der Waals surface area contributed by atoms with Crippen molar-refractivity contribution in [3.05, 3.63) is 59.6 Å². The Balaban J connectivity index is 1.41. The van der Waals surface area contributed by atoms with E-state index < -0.39 is 11.9 Å². The molecule has 0 amide bonds. The second-order valence-corrected chi connectivity index (χ2v) is 8.13. The van der Waals surface area contributed by atoms with Crippen LogP contribution in [0.3, 0.4) is 0 Å². The first-order valence-electron chi connectivity index (χ1n) is 10.3. The minimum atomic E-state index is -4.50. The normalized spacial score (nSPS) is 27.0. The molecule has 2 bridgehead atoms. The van der Waals surface area contributed by atoms with E-state index in [0.29, 0.717) is 25.5 Å². The Kier molecular flexibility index (Phi) is 4.41. The quantitative estimate of drug-likeness (QED) is 0.589. The molecule has 0 spiro atoms. The summed E-state index contributed by atoms with van der Waals surface area (Å²) in [6.45, 7) is 0.946. The summed E-state index contributed by atoms with van der Waals surface area (Å²) in [5.74, 6) is 1.01. The first kappa shape index (κ1) is 19.6. The lowest BCUT2D eigenvalue weighted by Gasteiger charge is -2.37. The highest BCUT2D eigenvalue weighted by Crippen LogP contribution is 2.44. The smallest absolute Gasteiger partial charge is 0.431 e. The van der Waals surface area contributed by atoms with E-state index in [2.05, 4.69) is 26.3 Å². The molecule has 32 heavy (non-hydrogen) atoms. The Labute approximate surface area is 180 Å². The fourth-order valence-corrected chi connectivity index (χ4v) is 4.66. The zero-order valence-corrected chi connectivity index (χ0v) is 16.7. The number of ether oxygens (including phenoxy) is 3. The van der Waals surface area contributed by atoms with E-state index in [-0.39, 0.29) is 35.4 Å². The number of aromatic nitrogens is 3. The molecule has 0 saturated carbocycles. The van der Waals surface area contributed by atoms with E-state index >= 15 is 0 Å². The number of H-pyrrole nitrogens is 1. The van der Waals surface area contributed by atoms with Gasteiger partial charge in [-0.15, -0.1) is 0 Å². The lowest BCUT2D eigenvalue weighted by atomic mass is 9.82. The fraction of sp³-hybridized carbons (Fsp3) is 0.364. The molecular formula is C22H19F3N4O3. The number of alkyl halides is 3. The van der Waals surface area contributed by atoms with Gasteiger partial charge in [-0.1, -0.05) is 29.8 Å². The molecule has 1 fully saturated rings. The van der Waals surface area contributed by atoms with Gasteiger partial charge in [0.2, 0.25) is 0 Å². The molecule has 3 aromatic rings. The summed E-state index contributed by atoms with van der Waals surface area (Å²) in [6, 6.07) is 8.44. The first-order chi connectivity index (χ1) is 15.5.